The first kappa shape index (κ1) is 49.4. The summed E-state index contributed by atoms with van der Waals surface area (Å²) < 4.78 is 0. The monoisotopic (exact) mass is 830 g/mol. The molecule has 0 aliphatic carbocycles. The Morgan fingerprint density at radius 2 is 1.45 bits per heavy atom. The lowest BCUT2D eigenvalue weighted by Gasteiger charge is -2.27. The van der Waals surface area contributed by atoms with Gasteiger partial charge in [0, 0.05) is 24.9 Å². The van der Waals surface area contributed by atoms with Crippen molar-refractivity contribution in [3.63, 3.8) is 0 Å². The minimum atomic E-state index is -1.61. The van der Waals surface area contributed by atoms with Crippen LogP contribution in [0.4, 0.5) is 0 Å². The number of carboxylic acids is 1. The zero-order valence-electron chi connectivity index (χ0n) is 32.2. The number of carboxylic acid groups (broad SMARTS) is 1. The summed E-state index contributed by atoms with van der Waals surface area (Å²) in [4.78, 5) is 98.0. The molecule has 21 nitrogen and oxygen atoms in total. The first-order valence-electron chi connectivity index (χ1n) is 17.9. The topological polar surface area (TPSA) is 349 Å². The number of imidazole rings is 1. The summed E-state index contributed by atoms with van der Waals surface area (Å²) in [5, 5.41) is 44.8. The number of hydrogen-bond acceptors (Lipinski definition) is 13. The average molecular weight is 831 g/mol. The number of carbonyl (C=O) groups is 7. The fourth-order valence-corrected chi connectivity index (χ4v) is 5.78. The second-order valence-corrected chi connectivity index (χ2v) is 14.8. The van der Waals surface area contributed by atoms with E-state index in [2.05, 4.69) is 59.8 Å². The Hall–Kier alpha value is -4.61. The third kappa shape index (κ3) is 18.3. The number of hydrogen-bond donors (Lipinski definition) is 14. The van der Waals surface area contributed by atoms with Gasteiger partial charge in [-0.05, 0) is 57.5 Å². The van der Waals surface area contributed by atoms with Gasteiger partial charge in [-0.25, -0.2) is 9.78 Å². The molecule has 0 radical (unpaired) electrons. The molecule has 1 aromatic heterocycles. The van der Waals surface area contributed by atoms with Crippen LogP contribution in [0.2, 0.25) is 0 Å². The van der Waals surface area contributed by atoms with Crippen LogP contribution in [0.5, 0.6) is 0 Å². The van der Waals surface area contributed by atoms with Gasteiger partial charge in [-0.3, -0.25) is 34.2 Å². The van der Waals surface area contributed by atoms with E-state index in [1.165, 1.54) is 38.1 Å². The highest BCUT2D eigenvalue weighted by Gasteiger charge is 2.34. The number of thiol groups is 1. The normalized spacial score (nSPS) is 15.4. The van der Waals surface area contributed by atoms with Crippen LogP contribution < -0.4 is 48.7 Å². The van der Waals surface area contributed by atoms with Gasteiger partial charge in [0.1, 0.15) is 36.3 Å². The SMILES string of the molecule is CSCC[C@H](N)C(=O)N[C@@H](CS)C(=O)N[C@H](C(=O)N[C@@H](Cc1c[nH]cn1)C(=O)N[C@@H](C)C(=O)N[C@@H](CCCNC(=N)N)C(=O)N[C@@H](CC(C)C)C(=O)O)[C@@H](C)O. The zero-order valence-corrected chi connectivity index (χ0v) is 33.9. The molecule has 316 valence electrons. The van der Waals surface area contributed by atoms with Gasteiger partial charge >= 0.3 is 5.97 Å². The third-order valence-corrected chi connectivity index (χ3v) is 9.15. The van der Waals surface area contributed by atoms with E-state index >= 15 is 0 Å². The van der Waals surface area contributed by atoms with Crippen LogP contribution in [0.3, 0.4) is 0 Å². The van der Waals surface area contributed by atoms with E-state index < -0.39 is 89.8 Å². The minimum Gasteiger partial charge on any atom is -0.480 e. The minimum absolute atomic E-state index is 0.0133. The number of aliphatic hydroxyl groups is 1. The highest BCUT2D eigenvalue weighted by molar-refractivity contribution is 7.98. The Labute approximate surface area is 335 Å². The summed E-state index contributed by atoms with van der Waals surface area (Å²) in [7, 11) is 0. The van der Waals surface area contributed by atoms with Crippen molar-refractivity contribution in [2.75, 3.05) is 24.3 Å². The molecule has 1 heterocycles. The molecule has 56 heavy (non-hydrogen) atoms. The molecular weight excluding hydrogens is 773 g/mol. The van der Waals surface area contributed by atoms with E-state index in [-0.39, 0.29) is 49.9 Å². The van der Waals surface area contributed by atoms with E-state index in [1.54, 1.807) is 13.8 Å². The molecule has 0 saturated heterocycles. The number of aromatic nitrogens is 2. The third-order valence-electron chi connectivity index (χ3n) is 8.14. The molecular formula is C33H58N12O9S2. The number of H-pyrrole nitrogens is 1. The molecule has 0 bridgehead atoms. The number of nitrogens with one attached hydrogen (secondary N) is 9. The van der Waals surface area contributed by atoms with Crippen molar-refractivity contribution in [1.82, 2.24) is 47.2 Å². The maximum Gasteiger partial charge on any atom is 0.326 e. The Kier molecular flexibility index (Phi) is 22.5. The lowest BCUT2D eigenvalue weighted by molar-refractivity contribution is -0.142. The molecule has 6 amide bonds. The van der Waals surface area contributed by atoms with E-state index in [0.29, 0.717) is 17.9 Å². The van der Waals surface area contributed by atoms with Crippen molar-refractivity contribution >= 4 is 71.8 Å². The van der Waals surface area contributed by atoms with Gasteiger partial charge in [-0.15, -0.1) is 0 Å². The number of aliphatic hydroxyl groups excluding tert-OH is 1. The first-order valence-corrected chi connectivity index (χ1v) is 20.0. The molecule has 8 atom stereocenters. The van der Waals surface area contributed by atoms with E-state index in [0.717, 1.165) is 0 Å². The second kappa shape index (κ2) is 25.5. The number of rotatable bonds is 26. The van der Waals surface area contributed by atoms with Crippen molar-refractivity contribution in [3.05, 3.63) is 18.2 Å². The smallest absolute Gasteiger partial charge is 0.326 e. The highest BCUT2D eigenvalue weighted by Crippen LogP contribution is 2.08. The van der Waals surface area contributed by atoms with Gasteiger partial charge in [0.25, 0.3) is 0 Å². The molecule has 0 fully saturated rings. The largest absolute Gasteiger partial charge is 0.480 e. The van der Waals surface area contributed by atoms with Crippen LogP contribution in [0.25, 0.3) is 0 Å². The summed E-state index contributed by atoms with van der Waals surface area (Å²) in [6.45, 7) is 6.30. The van der Waals surface area contributed by atoms with Crippen LogP contribution in [0.1, 0.15) is 59.1 Å². The fraction of sp³-hybridized carbons (Fsp3) is 0.667. The maximum absolute atomic E-state index is 13.6. The van der Waals surface area contributed by atoms with Crippen molar-refractivity contribution < 1.29 is 43.8 Å². The Morgan fingerprint density at radius 3 is 1.98 bits per heavy atom. The summed E-state index contributed by atoms with van der Waals surface area (Å²) in [5.41, 5.74) is 11.6. The van der Waals surface area contributed by atoms with E-state index in [4.69, 9.17) is 16.9 Å². The molecule has 0 unspecified atom stereocenters. The Balaban J connectivity index is 3.16. The quantitative estimate of drug-likeness (QED) is 0.0188. The van der Waals surface area contributed by atoms with Crippen LogP contribution >= 0.6 is 24.4 Å². The molecule has 15 N–H and O–H groups in total. The van der Waals surface area contributed by atoms with Crippen molar-refractivity contribution in [2.24, 2.45) is 17.4 Å². The van der Waals surface area contributed by atoms with E-state index in [1.807, 2.05) is 6.26 Å². The van der Waals surface area contributed by atoms with Crippen LogP contribution in [0.15, 0.2) is 12.5 Å². The van der Waals surface area contributed by atoms with Crippen LogP contribution in [-0.2, 0) is 40.0 Å². The van der Waals surface area contributed by atoms with Crippen molar-refractivity contribution in [3.8, 4) is 0 Å². The summed E-state index contributed by atoms with van der Waals surface area (Å²) in [6, 6.07) is -8.89. The van der Waals surface area contributed by atoms with Gasteiger partial charge < -0.3 is 63.9 Å². The van der Waals surface area contributed by atoms with Gasteiger partial charge in [0.15, 0.2) is 5.96 Å². The van der Waals surface area contributed by atoms with Gasteiger partial charge in [-0.2, -0.15) is 24.4 Å². The van der Waals surface area contributed by atoms with Crippen LogP contribution in [-0.4, -0.2) is 140 Å². The number of aliphatic carboxylic acids is 1. The first-order chi connectivity index (χ1) is 26.3. The highest BCUT2D eigenvalue weighted by atomic mass is 32.2. The molecule has 1 rings (SSSR count). The molecule has 0 saturated carbocycles. The lowest BCUT2D eigenvalue weighted by atomic mass is 10.0. The zero-order chi connectivity index (χ0) is 42.5. The maximum atomic E-state index is 13.6. The average Bonchev–Trinajstić information content (AvgIpc) is 3.64. The van der Waals surface area contributed by atoms with Gasteiger partial charge in [0.05, 0.1) is 24.2 Å². The predicted octanol–water partition coefficient (Wildman–Crippen LogP) is -3.33. The van der Waals surface area contributed by atoms with Crippen LogP contribution in [0, 0.1) is 11.3 Å². The Bertz CT molecular complexity index is 1470. The van der Waals surface area contributed by atoms with Gasteiger partial charge in [-0.1, -0.05) is 13.8 Å². The molecule has 0 aliphatic heterocycles. The number of aromatic amines is 1. The fourth-order valence-electron chi connectivity index (χ4n) is 5.03. The molecule has 1 aromatic rings. The number of amides is 6. The summed E-state index contributed by atoms with van der Waals surface area (Å²) >= 11 is 5.62. The number of carbonyl (C=O) groups excluding carboxylic acids is 6. The van der Waals surface area contributed by atoms with Crippen molar-refractivity contribution in [1.29, 1.82) is 5.41 Å². The predicted molar refractivity (Wildman–Crippen MR) is 212 cm³/mol. The molecule has 0 aliphatic rings. The molecule has 0 aromatic carbocycles. The van der Waals surface area contributed by atoms with E-state index in [9.17, 15) is 43.8 Å². The standard InChI is InChI=1S/C33H58N12O9S2/c1-16(2)11-23(32(53)54)43-28(49)21(7-6-9-38-33(35)36)41-26(47)17(3)40-29(50)22(12-19-13-37-15-39-19)42-31(52)25(18(4)46)45-30(51)24(14-55)44-27(48)20(34)8-10-56-5/h13,15-18,20-25,46,55H,6-12,14,34H2,1-5H3,(H,37,39)(H,40,50)(H,41,47)(H,42,52)(H,43,49)(H,44,48)(H,45,51)(H,53,54)(H4,35,36,38)/t17-,18+,20-,21-,22-,23-,24-,25-/m0/s1. The second-order valence-electron chi connectivity index (χ2n) is 13.5. The molecule has 0 spiro atoms. The van der Waals surface area contributed by atoms with Gasteiger partial charge in [0.2, 0.25) is 35.4 Å². The number of nitrogens with two attached hydrogens (primary N) is 2. The number of nitrogens with zero attached hydrogens (tertiary/aromatic N) is 1. The number of thioether (sulfide) groups is 1. The molecule has 23 heteroatoms. The summed E-state index contributed by atoms with van der Waals surface area (Å²) in [5.74, 6) is -6.08. The lowest BCUT2D eigenvalue weighted by Crippen LogP contribution is -2.62. The summed E-state index contributed by atoms with van der Waals surface area (Å²) in [6.07, 6.45) is 3.72. The Morgan fingerprint density at radius 1 is 0.857 bits per heavy atom. The number of guanidine groups is 1. The van der Waals surface area contributed by atoms with Crippen molar-refractivity contribution in [2.45, 2.75) is 108 Å².